The van der Waals surface area contributed by atoms with Crippen molar-refractivity contribution in [2.45, 2.75) is 43.0 Å². The van der Waals surface area contributed by atoms with Crippen LogP contribution < -0.4 is 5.32 Å². The van der Waals surface area contributed by atoms with Gasteiger partial charge in [0, 0.05) is 18.2 Å². The van der Waals surface area contributed by atoms with E-state index in [4.69, 9.17) is 0 Å². The van der Waals surface area contributed by atoms with Gasteiger partial charge < -0.3 is 5.32 Å². The summed E-state index contributed by atoms with van der Waals surface area (Å²) in [6, 6.07) is 4.91. The largest absolute Gasteiger partial charge is 0.352 e. The van der Waals surface area contributed by atoms with Crippen LogP contribution in [0.3, 0.4) is 0 Å². The summed E-state index contributed by atoms with van der Waals surface area (Å²) < 4.78 is 1.53. The predicted octanol–water partition coefficient (Wildman–Crippen LogP) is 3.99. The van der Waals surface area contributed by atoms with Crippen LogP contribution in [0.1, 0.15) is 32.6 Å². The number of hydrogen-bond acceptors (Lipinski definition) is 6. The highest BCUT2D eigenvalue weighted by Gasteiger charge is 2.22. The first-order valence-electron chi connectivity index (χ1n) is 8.00. The Morgan fingerprint density at radius 2 is 2.25 bits per heavy atom. The Kier molecular flexibility index (Phi) is 5.35. The van der Waals surface area contributed by atoms with E-state index in [-0.39, 0.29) is 17.6 Å². The molecule has 1 aromatic carbocycles. The maximum Gasteiger partial charge on any atom is 0.270 e. The Morgan fingerprint density at radius 3 is 3.00 bits per heavy atom. The summed E-state index contributed by atoms with van der Waals surface area (Å²) >= 11 is 2.77. The van der Waals surface area contributed by atoms with Gasteiger partial charge in [0.05, 0.1) is 20.9 Å². The number of carbonyl (C=O) groups is 1. The van der Waals surface area contributed by atoms with Crippen LogP contribution in [0.25, 0.3) is 10.2 Å². The van der Waals surface area contributed by atoms with Crippen LogP contribution >= 0.6 is 23.1 Å². The number of nitro groups is 1. The third-order valence-corrected chi connectivity index (χ3v) is 6.51. The number of thiazole rings is 1. The molecule has 24 heavy (non-hydrogen) atoms. The zero-order valence-electron chi connectivity index (χ0n) is 13.4. The molecular weight excluding hydrogens is 346 g/mol. The molecule has 1 saturated carbocycles. The van der Waals surface area contributed by atoms with E-state index in [1.807, 2.05) is 0 Å². The zero-order valence-corrected chi connectivity index (χ0v) is 15.0. The molecule has 3 rings (SSSR count). The van der Waals surface area contributed by atoms with Gasteiger partial charge in [0.2, 0.25) is 5.91 Å². The number of benzene rings is 1. The van der Waals surface area contributed by atoms with E-state index >= 15 is 0 Å². The minimum Gasteiger partial charge on any atom is -0.352 e. The first-order valence-corrected chi connectivity index (χ1v) is 9.80. The monoisotopic (exact) mass is 365 g/mol. The molecule has 1 fully saturated rings. The first-order chi connectivity index (χ1) is 11.5. The van der Waals surface area contributed by atoms with Crippen molar-refractivity contribution in [2.24, 2.45) is 5.92 Å². The number of amides is 1. The summed E-state index contributed by atoms with van der Waals surface area (Å²) in [6.07, 6.45) is 4.66. The van der Waals surface area contributed by atoms with Crippen molar-refractivity contribution in [3.63, 3.8) is 0 Å². The van der Waals surface area contributed by atoms with Crippen molar-refractivity contribution in [3.05, 3.63) is 28.3 Å². The smallest absolute Gasteiger partial charge is 0.270 e. The maximum absolute atomic E-state index is 12.1. The molecule has 8 heteroatoms. The fourth-order valence-electron chi connectivity index (χ4n) is 2.97. The van der Waals surface area contributed by atoms with Crippen molar-refractivity contribution in [1.29, 1.82) is 0 Å². The van der Waals surface area contributed by atoms with Crippen molar-refractivity contribution in [1.82, 2.24) is 10.3 Å². The van der Waals surface area contributed by atoms with Crippen LogP contribution in [0.5, 0.6) is 0 Å². The number of nitrogens with one attached hydrogen (secondary N) is 1. The fourth-order valence-corrected chi connectivity index (χ4v) is 4.89. The van der Waals surface area contributed by atoms with E-state index in [1.54, 1.807) is 6.07 Å². The summed E-state index contributed by atoms with van der Waals surface area (Å²) in [5.41, 5.74) is 0.793. The number of fused-ring (bicyclic) bond motifs is 1. The molecule has 1 heterocycles. The van der Waals surface area contributed by atoms with Crippen LogP contribution in [0.2, 0.25) is 0 Å². The van der Waals surface area contributed by atoms with Crippen molar-refractivity contribution >= 4 is 44.9 Å². The SMILES string of the molecule is C[C@@H]1CCCC[C@@H]1NC(=O)CSc1nc2ccc([N+](=O)[O-])cc2s1. The summed E-state index contributed by atoms with van der Waals surface area (Å²) in [6.45, 7) is 2.19. The third-order valence-electron chi connectivity index (χ3n) is 4.35. The van der Waals surface area contributed by atoms with Crippen LogP contribution in [0.4, 0.5) is 5.69 Å². The summed E-state index contributed by atoms with van der Waals surface area (Å²) in [4.78, 5) is 27.0. The maximum atomic E-state index is 12.1. The van der Waals surface area contributed by atoms with Gasteiger partial charge in [-0.2, -0.15) is 0 Å². The Labute approximate surface area is 148 Å². The van der Waals surface area contributed by atoms with Gasteiger partial charge in [-0.3, -0.25) is 14.9 Å². The lowest BCUT2D eigenvalue weighted by Gasteiger charge is -2.29. The van der Waals surface area contributed by atoms with Crippen molar-refractivity contribution in [2.75, 3.05) is 5.75 Å². The minimum atomic E-state index is -0.412. The van der Waals surface area contributed by atoms with Gasteiger partial charge >= 0.3 is 0 Å². The van der Waals surface area contributed by atoms with Crippen molar-refractivity contribution < 1.29 is 9.72 Å². The van der Waals surface area contributed by atoms with E-state index < -0.39 is 4.92 Å². The minimum absolute atomic E-state index is 0.0315. The summed E-state index contributed by atoms with van der Waals surface area (Å²) in [5, 5.41) is 13.9. The summed E-state index contributed by atoms with van der Waals surface area (Å²) in [7, 11) is 0. The molecular formula is C16H19N3O3S2. The molecule has 1 aromatic heterocycles. The van der Waals surface area contributed by atoms with Crippen molar-refractivity contribution in [3.8, 4) is 0 Å². The van der Waals surface area contributed by atoms with Gasteiger partial charge in [-0.1, -0.05) is 31.5 Å². The highest BCUT2D eigenvalue weighted by Crippen LogP contribution is 2.32. The lowest BCUT2D eigenvalue weighted by Crippen LogP contribution is -2.41. The number of aromatic nitrogens is 1. The molecule has 1 aliphatic carbocycles. The molecule has 0 bridgehead atoms. The highest BCUT2D eigenvalue weighted by atomic mass is 32.2. The number of rotatable bonds is 5. The normalized spacial score (nSPS) is 20.9. The highest BCUT2D eigenvalue weighted by molar-refractivity contribution is 8.01. The Balaban J connectivity index is 1.58. The predicted molar refractivity (Wildman–Crippen MR) is 96.6 cm³/mol. The molecule has 1 N–H and O–H groups in total. The standard InChI is InChI=1S/C16H19N3O3S2/c1-10-4-2-3-5-12(10)17-15(20)9-23-16-18-13-7-6-11(19(21)22)8-14(13)24-16/h6-8,10,12H,2-5,9H2,1H3,(H,17,20)/t10-,12+/m1/s1. The first kappa shape index (κ1) is 17.2. The lowest BCUT2D eigenvalue weighted by molar-refractivity contribution is -0.384. The van der Waals surface area contributed by atoms with Gasteiger partial charge in [0.15, 0.2) is 4.34 Å². The second-order valence-electron chi connectivity index (χ2n) is 6.11. The molecule has 0 radical (unpaired) electrons. The second-order valence-corrected chi connectivity index (χ2v) is 8.37. The van der Waals surface area contributed by atoms with Crippen LogP contribution in [0.15, 0.2) is 22.5 Å². The van der Waals surface area contributed by atoms with Gasteiger partial charge in [-0.05, 0) is 24.8 Å². The van der Waals surface area contributed by atoms with E-state index in [1.165, 1.54) is 54.5 Å². The number of thioether (sulfide) groups is 1. The molecule has 1 amide bonds. The molecule has 0 unspecified atom stereocenters. The zero-order chi connectivity index (χ0) is 17.1. The van der Waals surface area contributed by atoms with Gasteiger partial charge in [0.25, 0.3) is 5.69 Å². The molecule has 2 aromatic rings. The van der Waals surface area contributed by atoms with E-state index in [9.17, 15) is 14.9 Å². The van der Waals surface area contributed by atoms with Crippen LogP contribution in [-0.4, -0.2) is 27.6 Å². The number of nitro benzene ring substituents is 1. The number of hydrogen-bond donors (Lipinski definition) is 1. The average molecular weight is 365 g/mol. The Morgan fingerprint density at radius 1 is 1.46 bits per heavy atom. The fraction of sp³-hybridized carbons (Fsp3) is 0.500. The average Bonchev–Trinajstić information content (AvgIpc) is 2.97. The number of nitrogens with zero attached hydrogens (tertiary/aromatic N) is 2. The molecule has 128 valence electrons. The third kappa shape index (κ3) is 4.05. The number of non-ortho nitro benzene ring substituents is 1. The van der Waals surface area contributed by atoms with E-state index in [0.29, 0.717) is 11.7 Å². The lowest BCUT2D eigenvalue weighted by atomic mass is 9.86. The van der Waals surface area contributed by atoms with E-state index in [0.717, 1.165) is 21.0 Å². The topological polar surface area (TPSA) is 85.1 Å². The quantitative estimate of drug-likeness (QED) is 0.492. The molecule has 1 aliphatic rings. The van der Waals surface area contributed by atoms with Gasteiger partial charge in [0.1, 0.15) is 0 Å². The van der Waals surface area contributed by atoms with Crippen LogP contribution in [0, 0.1) is 16.0 Å². The van der Waals surface area contributed by atoms with E-state index in [2.05, 4.69) is 17.2 Å². The Bertz CT molecular complexity index is 762. The molecule has 6 nitrogen and oxygen atoms in total. The van der Waals surface area contributed by atoms with Crippen LogP contribution in [-0.2, 0) is 4.79 Å². The van der Waals surface area contributed by atoms with Gasteiger partial charge in [-0.25, -0.2) is 4.98 Å². The second kappa shape index (κ2) is 7.48. The number of carbonyl (C=O) groups excluding carboxylic acids is 1. The molecule has 2 atom stereocenters. The molecule has 0 spiro atoms. The van der Waals surface area contributed by atoms with Gasteiger partial charge in [-0.15, -0.1) is 11.3 Å². The summed E-state index contributed by atoms with van der Waals surface area (Å²) in [5.74, 6) is 0.894. The molecule has 0 saturated heterocycles. The Hall–Kier alpha value is -1.67. The molecule has 0 aliphatic heterocycles.